The van der Waals surface area contributed by atoms with E-state index < -0.39 is 0 Å². The van der Waals surface area contributed by atoms with Crippen LogP contribution in [-0.4, -0.2) is 28.9 Å². The van der Waals surface area contributed by atoms with E-state index in [0.29, 0.717) is 0 Å². The maximum absolute atomic E-state index is 12.8. The number of amides is 1. The third-order valence-corrected chi connectivity index (χ3v) is 7.52. The van der Waals surface area contributed by atoms with Crippen molar-refractivity contribution in [3.05, 3.63) is 46.9 Å². The molecule has 2 aromatic heterocycles. The molecule has 1 aliphatic heterocycles. The monoisotopic (exact) mass is 409 g/mol. The number of carbonyl (C=O) groups is 1. The number of carbonyl (C=O) groups excluding carboxylic acids is 1. The Bertz CT molecular complexity index is 1050. The van der Waals surface area contributed by atoms with E-state index in [2.05, 4.69) is 40.3 Å². The van der Waals surface area contributed by atoms with Crippen LogP contribution in [0.2, 0.25) is 0 Å². The van der Waals surface area contributed by atoms with Gasteiger partial charge in [0.15, 0.2) is 0 Å². The van der Waals surface area contributed by atoms with Crippen molar-refractivity contribution in [1.82, 2.24) is 9.88 Å². The fraction of sp³-hybridized carbons (Fsp3) is 0.478. The van der Waals surface area contributed by atoms with Crippen molar-refractivity contribution >= 4 is 33.1 Å². The van der Waals surface area contributed by atoms with Crippen LogP contribution in [0.15, 0.2) is 34.7 Å². The molecule has 1 saturated heterocycles. The summed E-state index contributed by atoms with van der Waals surface area (Å²) < 4.78 is 7.02. The molecule has 0 radical (unpaired) electrons. The molecule has 0 unspecified atom stereocenters. The quantitative estimate of drug-likeness (QED) is 0.644. The zero-order chi connectivity index (χ0) is 20.0. The first kappa shape index (κ1) is 18.8. The van der Waals surface area contributed by atoms with E-state index in [0.717, 1.165) is 73.0 Å². The van der Waals surface area contributed by atoms with Gasteiger partial charge in [-0.05, 0) is 75.0 Å². The van der Waals surface area contributed by atoms with Crippen LogP contribution >= 0.6 is 11.3 Å². The Morgan fingerprint density at radius 2 is 2.07 bits per heavy atom. The molecule has 1 saturated carbocycles. The van der Waals surface area contributed by atoms with Crippen LogP contribution in [0.1, 0.15) is 42.7 Å². The predicted octanol–water partition coefficient (Wildman–Crippen LogP) is 5.00. The second-order valence-corrected chi connectivity index (χ2v) is 9.76. The molecule has 152 valence electrons. The standard InChI is InChI=1S/C23H27N3O2S/c1-3-17-5-6-18(28-17)14-26-10-8-23(9-11-26)13-19(23)22(27)25-16-4-7-21-20(12-16)24-15(2)29-21/h4-7,12,19H,3,8-11,13-14H2,1-2H3,(H,25,27)/t19-/m1/s1. The summed E-state index contributed by atoms with van der Waals surface area (Å²) in [5.41, 5.74) is 2.03. The molecule has 3 heterocycles. The largest absolute Gasteiger partial charge is 0.465 e. The molecule has 29 heavy (non-hydrogen) atoms. The normalized spacial score (nSPS) is 21.0. The van der Waals surface area contributed by atoms with Gasteiger partial charge in [-0.25, -0.2) is 4.98 Å². The Hall–Kier alpha value is -2.18. The molecule has 1 aromatic carbocycles. The van der Waals surface area contributed by atoms with Gasteiger partial charge < -0.3 is 9.73 Å². The minimum absolute atomic E-state index is 0.146. The van der Waals surface area contributed by atoms with Crippen LogP contribution in [0.4, 0.5) is 5.69 Å². The van der Waals surface area contributed by atoms with Gasteiger partial charge in [-0.2, -0.15) is 0 Å². The molecule has 2 fully saturated rings. The topological polar surface area (TPSA) is 58.4 Å². The molecule has 0 bridgehead atoms. The van der Waals surface area contributed by atoms with Crippen molar-refractivity contribution in [1.29, 1.82) is 0 Å². The molecule has 1 spiro atoms. The van der Waals surface area contributed by atoms with Gasteiger partial charge in [-0.1, -0.05) is 6.92 Å². The zero-order valence-corrected chi connectivity index (χ0v) is 17.8. The third-order valence-electron chi connectivity index (χ3n) is 6.57. The summed E-state index contributed by atoms with van der Waals surface area (Å²) in [6.45, 7) is 7.07. The van der Waals surface area contributed by atoms with E-state index in [1.54, 1.807) is 11.3 Å². The number of nitrogens with zero attached hydrogens (tertiary/aromatic N) is 2. The number of fused-ring (bicyclic) bond motifs is 1. The lowest BCUT2D eigenvalue weighted by molar-refractivity contribution is -0.118. The van der Waals surface area contributed by atoms with Gasteiger partial charge in [0.2, 0.25) is 5.91 Å². The number of anilines is 1. The summed E-state index contributed by atoms with van der Waals surface area (Å²) >= 11 is 1.68. The molecule has 5 rings (SSSR count). The van der Waals surface area contributed by atoms with Gasteiger partial charge in [0.1, 0.15) is 11.5 Å². The number of hydrogen-bond acceptors (Lipinski definition) is 5. The highest BCUT2D eigenvalue weighted by atomic mass is 32.1. The smallest absolute Gasteiger partial charge is 0.228 e. The van der Waals surface area contributed by atoms with Gasteiger partial charge in [-0.15, -0.1) is 11.3 Å². The van der Waals surface area contributed by atoms with Gasteiger partial charge in [0.05, 0.1) is 21.8 Å². The number of rotatable bonds is 5. The second kappa shape index (κ2) is 7.26. The summed E-state index contributed by atoms with van der Waals surface area (Å²) in [5, 5.41) is 4.19. The Morgan fingerprint density at radius 3 is 2.83 bits per heavy atom. The van der Waals surface area contributed by atoms with Crippen molar-refractivity contribution < 1.29 is 9.21 Å². The highest BCUT2D eigenvalue weighted by Crippen LogP contribution is 2.59. The fourth-order valence-corrected chi connectivity index (χ4v) is 5.50. The summed E-state index contributed by atoms with van der Waals surface area (Å²) in [7, 11) is 0. The lowest BCUT2D eigenvalue weighted by atomic mass is 9.90. The Morgan fingerprint density at radius 1 is 1.28 bits per heavy atom. The molecular formula is C23H27N3O2S. The molecular weight excluding hydrogens is 382 g/mol. The fourth-order valence-electron chi connectivity index (χ4n) is 4.69. The minimum atomic E-state index is 0.146. The number of benzene rings is 1. The molecule has 5 nitrogen and oxygen atoms in total. The number of nitrogens with one attached hydrogen (secondary N) is 1. The Kier molecular flexibility index (Phi) is 4.71. The summed E-state index contributed by atoms with van der Waals surface area (Å²) in [4.78, 5) is 19.8. The van der Waals surface area contributed by atoms with Crippen LogP contribution in [0.5, 0.6) is 0 Å². The second-order valence-electron chi connectivity index (χ2n) is 8.52. The number of furan rings is 1. The highest BCUT2D eigenvalue weighted by Gasteiger charge is 2.58. The van der Waals surface area contributed by atoms with Gasteiger partial charge in [-0.3, -0.25) is 9.69 Å². The van der Waals surface area contributed by atoms with E-state index in [1.165, 1.54) is 4.70 Å². The zero-order valence-electron chi connectivity index (χ0n) is 17.0. The van der Waals surface area contributed by atoms with Crippen LogP contribution < -0.4 is 5.32 Å². The van der Waals surface area contributed by atoms with Crippen molar-refractivity contribution in [3.63, 3.8) is 0 Å². The summed E-state index contributed by atoms with van der Waals surface area (Å²) in [5.74, 6) is 2.42. The molecule has 2 aliphatic rings. The number of thiazole rings is 1. The van der Waals surface area contributed by atoms with Gasteiger partial charge in [0.25, 0.3) is 0 Å². The molecule has 1 aliphatic carbocycles. The Labute approximate surface area is 175 Å². The van der Waals surface area contributed by atoms with Crippen molar-refractivity contribution in [3.8, 4) is 0 Å². The minimum Gasteiger partial charge on any atom is -0.465 e. The first-order chi connectivity index (χ1) is 14.0. The average molecular weight is 410 g/mol. The van der Waals surface area contributed by atoms with Gasteiger partial charge in [0, 0.05) is 18.0 Å². The van der Waals surface area contributed by atoms with E-state index in [9.17, 15) is 4.79 Å². The Balaban J connectivity index is 1.16. The highest BCUT2D eigenvalue weighted by molar-refractivity contribution is 7.18. The SMILES string of the molecule is CCc1ccc(CN2CCC3(CC2)C[C@@H]3C(=O)Nc2ccc3sc(C)nc3c2)o1. The molecule has 1 atom stereocenters. The first-order valence-electron chi connectivity index (χ1n) is 10.5. The van der Waals surface area contributed by atoms with Crippen molar-refractivity contribution in [2.75, 3.05) is 18.4 Å². The average Bonchev–Trinajstić information content (AvgIpc) is 3.03. The van der Waals surface area contributed by atoms with E-state index in [-0.39, 0.29) is 17.2 Å². The van der Waals surface area contributed by atoms with E-state index >= 15 is 0 Å². The first-order valence-corrected chi connectivity index (χ1v) is 11.3. The van der Waals surface area contributed by atoms with E-state index in [4.69, 9.17) is 4.42 Å². The van der Waals surface area contributed by atoms with Crippen LogP contribution in [-0.2, 0) is 17.8 Å². The molecule has 6 heteroatoms. The maximum atomic E-state index is 12.8. The number of aryl methyl sites for hydroxylation is 2. The lowest BCUT2D eigenvalue weighted by Crippen LogP contribution is -2.35. The summed E-state index contributed by atoms with van der Waals surface area (Å²) in [6, 6.07) is 10.2. The molecule has 3 aromatic rings. The van der Waals surface area contributed by atoms with Crippen LogP contribution in [0.3, 0.4) is 0 Å². The van der Waals surface area contributed by atoms with Crippen LogP contribution in [0.25, 0.3) is 10.2 Å². The molecule has 1 N–H and O–H groups in total. The lowest BCUT2D eigenvalue weighted by Gasteiger charge is -2.32. The number of aromatic nitrogens is 1. The molecule has 1 amide bonds. The van der Waals surface area contributed by atoms with Gasteiger partial charge >= 0.3 is 0 Å². The van der Waals surface area contributed by atoms with E-state index in [1.807, 2.05) is 19.1 Å². The maximum Gasteiger partial charge on any atom is 0.228 e. The van der Waals surface area contributed by atoms with Crippen molar-refractivity contribution in [2.24, 2.45) is 11.3 Å². The number of likely N-dealkylation sites (tertiary alicyclic amines) is 1. The third kappa shape index (κ3) is 3.71. The van der Waals surface area contributed by atoms with Crippen LogP contribution in [0, 0.1) is 18.3 Å². The predicted molar refractivity (Wildman–Crippen MR) is 116 cm³/mol. The van der Waals surface area contributed by atoms with Crippen molar-refractivity contribution in [2.45, 2.75) is 46.1 Å². The number of piperidine rings is 1. The summed E-state index contributed by atoms with van der Waals surface area (Å²) in [6.07, 6.45) is 4.15. The number of hydrogen-bond donors (Lipinski definition) is 1.